The van der Waals surface area contributed by atoms with E-state index in [0.717, 1.165) is 11.3 Å². The van der Waals surface area contributed by atoms with Crippen molar-refractivity contribution in [2.75, 3.05) is 13.7 Å². The maximum absolute atomic E-state index is 12.0. The molecule has 0 amide bonds. The quantitative estimate of drug-likeness (QED) is 0.594. The first-order chi connectivity index (χ1) is 8.87. The molecule has 0 N–H and O–H groups in total. The molecule has 1 aromatic carbocycles. The van der Waals surface area contributed by atoms with E-state index in [-0.39, 0.29) is 5.97 Å². The molecule has 1 rings (SSSR count). The van der Waals surface area contributed by atoms with Gasteiger partial charge < -0.3 is 13.9 Å². The highest BCUT2D eigenvalue weighted by Crippen LogP contribution is 2.25. The third-order valence-electron chi connectivity index (χ3n) is 2.39. The Morgan fingerprint density at radius 3 is 2.21 bits per heavy atom. The normalized spacial score (nSPS) is 12.9. The Labute approximate surface area is 115 Å². The van der Waals surface area contributed by atoms with Crippen LogP contribution in [0.1, 0.15) is 18.6 Å². The second-order valence-corrected chi connectivity index (χ2v) is 9.60. The van der Waals surface area contributed by atoms with Crippen LogP contribution in [0, 0.1) is 0 Å². The molecule has 0 bridgehead atoms. The van der Waals surface area contributed by atoms with Crippen molar-refractivity contribution in [1.82, 2.24) is 0 Å². The average Bonchev–Trinajstić information content (AvgIpc) is 2.35. The van der Waals surface area contributed by atoms with Crippen LogP contribution in [0.4, 0.5) is 0 Å². The Morgan fingerprint density at radius 1 is 1.21 bits per heavy atom. The summed E-state index contributed by atoms with van der Waals surface area (Å²) in [7, 11) is -0.241. The Hall–Kier alpha value is -1.33. The van der Waals surface area contributed by atoms with Gasteiger partial charge in [0.15, 0.2) is 14.4 Å². The molecule has 0 fully saturated rings. The summed E-state index contributed by atoms with van der Waals surface area (Å²) >= 11 is 0. The van der Waals surface area contributed by atoms with Gasteiger partial charge in [0.1, 0.15) is 5.75 Å². The van der Waals surface area contributed by atoms with Crippen molar-refractivity contribution in [3.05, 3.63) is 29.8 Å². The molecule has 0 aliphatic rings. The van der Waals surface area contributed by atoms with E-state index in [1.54, 1.807) is 14.0 Å². The molecule has 0 radical (unpaired) electrons. The summed E-state index contributed by atoms with van der Waals surface area (Å²) in [5.41, 5.74) is 0.793. The molecule has 0 aliphatic heterocycles. The molecule has 0 aliphatic carbocycles. The predicted molar refractivity (Wildman–Crippen MR) is 76.8 cm³/mol. The fraction of sp³-hybridized carbons (Fsp3) is 0.500. The van der Waals surface area contributed by atoms with Crippen molar-refractivity contribution in [2.24, 2.45) is 0 Å². The first-order valence-corrected chi connectivity index (χ1v) is 9.76. The van der Waals surface area contributed by atoms with E-state index >= 15 is 0 Å². The highest BCUT2D eigenvalue weighted by molar-refractivity contribution is 6.69. The molecular formula is C14H22O4Si. The average molecular weight is 282 g/mol. The van der Waals surface area contributed by atoms with Crippen LogP contribution in [-0.2, 0) is 14.0 Å². The van der Waals surface area contributed by atoms with Gasteiger partial charge >= 0.3 is 5.97 Å². The Balaban J connectivity index is 2.97. The molecular weight excluding hydrogens is 260 g/mol. The summed E-state index contributed by atoms with van der Waals surface area (Å²) in [6.45, 7) is 8.27. The van der Waals surface area contributed by atoms with Crippen molar-refractivity contribution in [3.8, 4) is 5.75 Å². The lowest BCUT2D eigenvalue weighted by atomic mass is 10.1. The van der Waals surface area contributed by atoms with E-state index in [9.17, 15) is 4.79 Å². The number of ether oxygens (including phenoxy) is 2. The van der Waals surface area contributed by atoms with Crippen LogP contribution in [0.25, 0.3) is 0 Å². The third kappa shape index (κ3) is 5.04. The van der Waals surface area contributed by atoms with Crippen LogP contribution < -0.4 is 4.74 Å². The van der Waals surface area contributed by atoms with Gasteiger partial charge in [-0.25, -0.2) is 4.79 Å². The Kier molecular flexibility index (Phi) is 5.56. The molecule has 5 heteroatoms. The lowest BCUT2D eigenvalue weighted by molar-refractivity contribution is -0.152. The lowest BCUT2D eigenvalue weighted by Crippen LogP contribution is -2.32. The minimum Gasteiger partial charge on any atom is -0.497 e. The maximum Gasteiger partial charge on any atom is 0.338 e. The third-order valence-corrected chi connectivity index (χ3v) is 3.33. The van der Waals surface area contributed by atoms with E-state index in [2.05, 4.69) is 0 Å². The first kappa shape index (κ1) is 15.7. The molecule has 4 nitrogen and oxygen atoms in total. The first-order valence-electron chi connectivity index (χ1n) is 6.35. The largest absolute Gasteiger partial charge is 0.497 e. The number of hydrogen-bond acceptors (Lipinski definition) is 4. The van der Waals surface area contributed by atoms with E-state index in [1.165, 1.54) is 0 Å². The second-order valence-electron chi connectivity index (χ2n) is 5.14. The summed E-state index contributed by atoms with van der Waals surface area (Å²) in [6.07, 6.45) is -0.655. The Bertz CT molecular complexity index is 408. The Morgan fingerprint density at radius 2 is 1.79 bits per heavy atom. The van der Waals surface area contributed by atoms with Crippen molar-refractivity contribution >= 4 is 14.3 Å². The van der Waals surface area contributed by atoms with Gasteiger partial charge in [0, 0.05) is 0 Å². The molecule has 106 valence electrons. The number of hydrogen-bond donors (Lipinski definition) is 0. The van der Waals surface area contributed by atoms with Crippen molar-refractivity contribution in [2.45, 2.75) is 32.7 Å². The molecule has 1 aromatic rings. The summed E-state index contributed by atoms with van der Waals surface area (Å²) < 4.78 is 16.1. The van der Waals surface area contributed by atoms with Gasteiger partial charge in [-0.2, -0.15) is 0 Å². The minimum absolute atomic E-state index is 0.338. The summed E-state index contributed by atoms with van der Waals surface area (Å²) in [6, 6.07) is 7.30. The zero-order chi connectivity index (χ0) is 14.5. The van der Waals surface area contributed by atoms with Crippen LogP contribution in [0.3, 0.4) is 0 Å². The van der Waals surface area contributed by atoms with Gasteiger partial charge in [-0.15, -0.1) is 0 Å². The van der Waals surface area contributed by atoms with Gasteiger partial charge in [-0.3, -0.25) is 0 Å². The van der Waals surface area contributed by atoms with E-state index < -0.39 is 14.4 Å². The van der Waals surface area contributed by atoms with E-state index in [4.69, 9.17) is 13.9 Å². The number of methoxy groups -OCH3 is 1. The van der Waals surface area contributed by atoms with Crippen molar-refractivity contribution in [1.29, 1.82) is 0 Å². The van der Waals surface area contributed by atoms with Crippen LogP contribution >= 0.6 is 0 Å². The van der Waals surface area contributed by atoms with Gasteiger partial charge in [-0.1, -0.05) is 12.1 Å². The fourth-order valence-corrected chi connectivity index (χ4v) is 2.54. The SMILES string of the molecule is CCOC(=O)[C@H](O[Si](C)(C)C)c1ccc(OC)cc1. The van der Waals surface area contributed by atoms with E-state index in [0.29, 0.717) is 6.61 Å². The van der Waals surface area contributed by atoms with Crippen LogP contribution in [0.5, 0.6) is 5.75 Å². The summed E-state index contributed by atoms with van der Waals surface area (Å²) in [5, 5.41) is 0. The van der Waals surface area contributed by atoms with Crippen LogP contribution in [0.2, 0.25) is 19.6 Å². The topological polar surface area (TPSA) is 44.8 Å². The molecule has 0 saturated heterocycles. The number of carbonyl (C=O) groups is 1. The minimum atomic E-state index is -1.85. The molecule has 0 unspecified atom stereocenters. The highest BCUT2D eigenvalue weighted by Gasteiger charge is 2.29. The zero-order valence-electron chi connectivity index (χ0n) is 12.2. The second kappa shape index (κ2) is 6.72. The van der Waals surface area contributed by atoms with Gasteiger partial charge in [0.25, 0.3) is 0 Å². The van der Waals surface area contributed by atoms with Crippen molar-refractivity contribution in [3.63, 3.8) is 0 Å². The standard InChI is InChI=1S/C14H22O4Si/c1-6-17-14(15)13(18-19(3,4)5)11-7-9-12(16-2)10-8-11/h7-10,13H,6H2,1-5H3/t13-/m1/s1. The van der Waals surface area contributed by atoms with Crippen molar-refractivity contribution < 1.29 is 18.7 Å². The molecule has 0 aromatic heterocycles. The molecule has 19 heavy (non-hydrogen) atoms. The smallest absolute Gasteiger partial charge is 0.338 e. The van der Waals surface area contributed by atoms with Crippen LogP contribution in [0.15, 0.2) is 24.3 Å². The molecule has 1 atom stereocenters. The number of esters is 1. The lowest BCUT2D eigenvalue weighted by Gasteiger charge is -2.25. The number of rotatable bonds is 6. The molecule has 0 heterocycles. The monoisotopic (exact) mass is 282 g/mol. The predicted octanol–water partition coefficient (Wildman–Crippen LogP) is 3.15. The zero-order valence-corrected chi connectivity index (χ0v) is 13.2. The number of carbonyl (C=O) groups excluding carboxylic acids is 1. The summed E-state index contributed by atoms with van der Waals surface area (Å²) in [5.74, 6) is 0.412. The molecule has 0 saturated carbocycles. The maximum atomic E-state index is 12.0. The van der Waals surface area contributed by atoms with Gasteiger partial charge in [0.05, 0.1) is 13.7 Å². The number of benzene rings is 1. The summed E-state index contributed by atoms with van der Waals surface area (Å²) in [4.78, 5) is 12.0. The van der Waals surface area contributed by atoms with E-state index in [1.807, 2.05) is 43.9 Å². The van der Waals surface area contributed by atoms with Crippen LogP contribution in [-0.4, -0.2) is 28.0 Å². The fourth-order valence-electron chi connectivity index (χ4n) is 1.60. The highest BCUT2D eigenvalue weighted by atomic mass is 28.4. The van der Waals surface area contributed by atoms with Gasteiger partial charge in [0.2, 0.25) is 0 Å². The van der Waals surface area contributed by atoms with Gasteiger partial charge in [-0.05, 0) is 44.3 Å². The molecule has 0 spiro atoms.